The van der Waals surface area contributed by atoms with Gasteiger partial charge in [0.2, 0.25) is 0 Å². The minimum atomic E-state index is -4.60. The van der Waals surface area contributed by atoms with E-state index in [1.807, 2.05) is 36.4 Å². The summed E-state index contributed by atoms with van der Waals surface area (Å²) in [5.74, 6) is -1.00. The van der Waals surface area contributed by atoms with Crippen LogP contribution in [0.5, 0.6) is 5.75 Å². The first-order valence-corrected chi connectivity index (χ1v) is 23.4. The number of nitro benzene ring substituents is 1. The summed E-state index contributed by atoms with van der Waals surface area (Å²) in [5.41, 5.74) is 6.88. The molecule has 3 aliphatic rings. The highest BCUT2D eigenvalue weighted by Gasteiger charge is 2.31. The Labute approximate surface area is 376 Å². The third-order valence-corrected chi connectivity index (χ3v) is 14.1. The van der Waals surface area contributed by atoms with Crippen molar-refractivity contribution in [2.24, 2.45) is 5.41 Å². The number of morpholine rings is 1. The van der Waals surface area contributed by atoms with Crippen LogP contribution in [0.3, 0.4) is 0 Å². The molecule has 18 heteroatoms. The Bertz CT molecular complexity index is 2860. The van der Waals surface area contributed by atoms with Crippen LogP contribution in [0.2, 0.25) is 5.02 Å². The predicted octanol–water partition coefficient (Wildman–Crippen LogP) is 7.08. The lowest BCUT2D eigenvalue weighted by Gasteiger charge is -2.39. The van der Waals surface area contributed by atoms with E-state index in [2.05, 4.69) is 55.5 Å². The number of pyridine rings is 1. The number of anilines is 1. The van der Waals surface area contributed by atoms with Gasteiger partial charge in [0.1, 0.15) is 17.8 Å². The Morgan fingerprint density at radius 1 is 0.984 bits per heavy atom. The number of nitrogens with one attached hydrogen (secondary N) is 2. The summed E-state index contributed by atoms with van der Waals surface area (Å²) in [5, 5.41) is 18.3. The maximum atomic E-state index is 14.2. The third-order valence-electron chi connectivity index (χ3n) is 12.5. The number of amides is 1. The highest BCUT2D eigenvalue weighted by Crippen LogP contribution is 2.43. The Kier molecular flexibility index (Phi) is 12.2. The number of hydrogen-bond acceptors (Lipinski definition) is 12. The maximum absolute atomic E-state index is 14.2. The number of sulfonamides is 1. The van der Waals surface area contributed by atoms with E-state index in [0.29, 0.717) is 42.1 Å². The monoisotopic (exact) mass is 907 g/mol. The highest BCUT2D eigenvalue weighted by molar-refractivity contribution is 7.90. The fourth-order valence-corrected chi connectivity index (χ4v) is 9.98. The van der Waals surface area contributed by atoms with Crippen molar-refractivity contribution in [3.8, 4) is 11.4 Å². The van der Waals surface area contributed by atoms with Crippen LogP contribution in [-0.2, 0) is 14.8 Å². The molecule has 5 heterocycles. The lowest BCUT2D eigenvalue weighted by molar-refractivity contribution is -0.386. The van der Waals surface area contributed by atoms with Crippen LogP contribution in [0.4, 0.5) is 11.4 Å². The van der Waals surface area contributed by atoms with E-state index in [9.17, 15) is 23.3 Å². The molecule has 0 atom stereocenters. The molecule has 1 amide bonds. The van der Waals surface area contributed by atoms with Crippen LogP contribution < -0.4 is 14.4 Å². The SMILES string of the molecule is CC1(C)CCC(CN2CCN(c3ccc(C(=O)NS(=O)(=O)c4ccc(OCCN5CCOCC5)c([N+](=O)[O-])c4)c(-n4ncc5nc6[nH]ccc6cc54)c3)CC2)=C(c2ccc(Cl)cc2)C1. The molecule has 334 valence electrons. The van der Waals surface area contributed by atoms with Crippen LogP contribution in [0.1, 0.15) is 49.0 Å². The number of nitro groups is 1. The lowest BCUT2D eigenvalue weighted by Crippen LogP contribution is -2.47. The first kappa shape index (κ1) is 43.4. The van der Waals surface area contributed by atoms with Gasteiger partial charge in [-0.1, -0.05) is 43.2 Å². The number of rotatable bonds is 13. The number of carbonyl (C=O) groups excluding carboxylic acids is 1. The van der Waals surface area contributed by atoms with Gasteiger partial charge in [0, 0.05) is 80.7 Å². The standard InChI is InChI=1S/C46H50ClN9O7S/c1-46(2)13-11-33(38(28-46)31-3-5-34(47)6-4-31)30-53-15-17-54(18-16-53)35-7-9-37(40(26-35)55-41-25-32-12-14-48-44(32)50-39(41)29-49-55)45(57)51-64(60,61)36-8-10-43(42(27-36)56(58)59)63-24-21-52-19-22-62-23-20-52/h3-10,12,14,25-27,29H,11,13,15-24,28,30H2,1-2H3,(H,48,50)(H,51,57). The zero-order chi connectivity index (χ0) is 44.6. The third kappa shape index (κ3) is 9.35. The number of ether oxygens (including phenoxy) is 2. The van der Waals surface area contributed by atoms with E-state index in [-0.39, 0.29) is 23.3 Å². The van der Waals surface area contributed by atoms with Crippen molar-refractivity contribution in [3.05, 3.63) is 117 Å². The number of piperazine rings is 1. The number of carbonyl (C=O) groups is 1. The number of H-pyrrole nitrogens is 1. The molecule has 2 saturated heterocycles. The topological polar surface area (TPSA) is 181 Å². The molecular formula is C46H50ClN9O7S. The first-order valence-electron chi connectivity index (χ1n) is 21.5. The number of fused-ring (bicyclic) bond motifs is 2. The van der Waals surface area contributed by atoms with Gasteiger partial charge in [-0.2, -0.15) is 5.10 Å². The summed E-state index contributed by atoms with van der Waals surface area (Å²) >= 11 is 6.26. The first-order chi connectivity index (χ1) is 30.8. The van der Waals surface area contributed by atoms with Gasteiger partial charge in [0.25, 0.3) is 15.9 Å². The number of benzene rings is 3. The molecule has 16 nitrogen and oxygen atoms in total. The van der Waals surface area contributed by atoms with E-state index in [1.54, 1.807) is 23.1 Å². The zero-order valence-corrected chi connectivity index (χ0v) is 37.3. The van der Waals surface area contributed by atoms with Gasteiger partial charge < -0.3 is 19.4 Å². The minimum Gasteiger partial charge on any atom is -0.485 e. The summed E-state index contributed by atoms with van der Waals surface area (Å²) in [4.78, 5) is 39.8. The second-order valence-electron chi connectivity index (χ2n) is 17.4. The number of hydrogen-bond donors (Lipinski definition) is 2. The summed E-state index contributed by atoms with van der Waals surface area (Å²) in [7, 11) is -4.60. The fourth-order valence-electron chi connectivity index (χ4n) is 8.87. The van der Waals surface area contributed by atoms with Gasteiger partial charge in [0.05, 0.1) is 46.0 Å². The fraction of sp³-hybridized carbons (Fsp3) is 0.370. The molecule has 1 aliphatic carbocycles. The van der Waals surface area contributed by atoms with Gasteiger partial charge in [0.15, 0.2) is 5.75 Å². The summed E-state index contributed by atoms with van der Waals surface area (Å²) in [6.07, 6.45) is 6.58. The van der Waals surface area contributed by atoms with Gasteiger partial charge in [-0.15, -0.1) is 0 Å². The molecule has 9 rings (SSSR count). The largest absolute Gasteiger partial charge is 0.485 e. The summed E-state index contributed by atoms with van der Waals surface area (Å²) in [6, 6.07) is 20.6. The van der Waals surface area contributed by atoms with Crippen molar-refractivity contribution in [2.75, 3.05) is 77.1 Å². The van der Waals surface area contributed by atoms with Crippen LogP contribution in [0.25, 0.3) is 33.3 Å². The molecule has 2 N–H and O–H groups in total. The number of halogens is 1. The molecule has 2 fully saturated rings. The Morgan fingerprint density at radius 2 is 1.77 bits per heavy atom. The minimum absolute atomic E-state index is 0.0320. The van der Waals surface area contributed by atoms with Crippen molar-refractivity contribution < 1.29 is 27.6 Å². The number of aromatic amines is 1. The quantitative estimate of drug-likeness (QED) is 0.0890. The summed E-state index contributed by atoms with van der Waals surface area (Å²) in [6.45, 7) is 12.0. The van der Waals surface area contributed by atoms with Crippen molar-refractivity contribution >= 4 is 66.5 Å². The van der Waals surface area contributed by atoms with Gasteiger partial charge in [-0.3, -0.25) is 24.7 Å². The van der Waals surface area contributed by atoms with Crippen LogP contribution >= 0.6 is 11.6 Å². The second-order valence-corrected chi connectivity index (χ2v) is 19.5. The highest BCUT2D eigenvalue weighted by atomic mass is 35.5. The molecule has 6 aromatic rings. The van der Waals surface area contributed by atoms with E-state index < -0.39 is 31.4 Å². The van der Waals surface area contributed by atoms with Crippen LogP contribution in [0, 0.1) is 15.5 Å². The van der Waals surface area contributed by atoms with E-state index >= 15 is 0 Å². The van der Waals surface area contributed by atoms with E-state index in [0.717, 1.165) is 87.2 Å². The second kappa shape index (κ2) is 18.0. The van der Waals surface area contributed by atoms with Crippen molar-refractivity contribution in [2.45, 2.75) is 38.0 Å². The Hall–Kier alpha value is -5.85. The number of nitrogens with zero attached hydrogens (tertiary/aromatic N) is 7. The number of allylic oxidation sites excluding steroid dienone is 1. The molecule has 64 heavy (non-hydrogen) atoms. The smallest absolute Gasteiger partial charge is 0.312 e. The molecule has 2 aliphatic heterocycles. The van der Waals surface area contributed by atoms with E-state index in [4.69, 9.17) is 26.1 Å². The molecule has 3 aromatic heterocycles. The average molecular weight is 908 g/mol. The van der Waals surface area contributed by atoms with Crippen LogP contribution in [0.15, 0.2) is 95.7 Å². The zero-order valence-electron chi connectivity index (χ0n) is 35.8. The molecule has 3 aromatic carbocycles. The number of aromatic nitrogens is 4. The van der Waals surface area contributed by atoms with Crippen molar-refractivity contribution in [3.63, 3.8) is 0 Å². The van der Waals surface area contributed by atoms with Gasteiger partial charge >= 0.3 is 5.69 Å². The predicted molar refractivity (Wildman–Crippen MR) is 246 cm³/mol. The van der Waals surface area contributed by atoms with Gasteiger partial charge in [-0.25, -0.2) is 22.8 Å². The van der Waals surface area contributed by atoms with Gasteiger partial charge in [-0.05, 0) is 90.4 Å². The van der Waals surface area contributed by atoms with Crippen LogP contribution in [-0.4, -0.2) is 121 Å². The average Bonchev–Trinajstić information content (AvgIpc) is 3.93. The maximum Gasteiger partial charge on any atom is 0.312 e. The molecule has 0 bridgehead atoms. The molecular weight excluding hydrogens is 858 g/mol. The summed E-state index contributed by atoms with van der Waals surface area (Å²) < 4.78 is 42.5. The van der Waals surface area contributed by atoms with Crippen molar-refractivity contribution in [1.82, 2.24) is 34.3 Å². The lowest BCUT2D eigenvalue weighted by atomic mass is 9.72. The van der Waals surface area contributed by atoms with Crippen molar-refractivity contribution in [1.29, 1.82) is 0 Å². The Balaban J connectivity index is 0.965. The normalized spacial score (nSPS) is 17.6. The van der Waals surface area contributed by atoms with E-state index in [1.165, 1.54) is 28.8 Å². The Morgan fingerprint density at radius 3 is 2.53 bits per heavy atom. The molecule has 0 spiro atoms. The molecule has 0 unspecified atom stereocenters. The molecule has 0 radical (unpaired) electrons. The molecule has 0 saturated carbocycles.